The van der Waals surface area contributed by atoms with Crippen molar-refractivity contribution in [2.75, 3.05) is 6.54 Å². The second kappa shape index (κ2) is 13.8. The van der Waals surface area contributed by atoms with Crippen LogP contribution in [-0.4, -0.2) is 64.5 Å². The standard InChI is InChI=1S/C22H32N4O7/c1-3-13(2)19(26-20(31)15(23)9-10-17(27)28)22(33)25-16(21(32)24-12-18(29)30)11-14-7-5-4-6-8-14/h4-8,13,15-16,19H,3,9-12,23H2,1-2H3,(H,24,32)(H,25,33)(H,26,31)(H,27,28)(H,29,30). The van der Waals surface area contributed by atoms with E-state index in [4.69, 9.17) is 15.9 Å². The van der Waals surface area contributed by atoms with Crippen molar-refractivity contribution in [3.63, 3.8) is 0 Å². The Labute approximate surface area is 192 Å². The van der Waals surface area contributed by atoms with Crippen molar-refractivity contribution in [2.24, 2.45) is 11.7 Å². The molecule has 0 saturated heterocycles. The van der Waals surface area contributed by atoms with Crippen molar-refractivity contribution in [3.05, 3.63) is 35.9 Å². The Morgan fingerprint density at radius 2 is 1.58 bits per heavy atom. The van der Waals surface area contributed by atoms with Crippen molar-refractivity contribution in [1.82, 2.24) is 16.0 Å². The van der Waals surface area contributed by atoms with Gasteiger partial charge in [-0.25, -0.2) is 0 Å². The van der Waals surface area contributed by atoms with E-state index in [1.807, 2.05) is 6.92 Å². The van der Waals surface area contributed by atoms with Gasteiger partial charge in [0.05, 0.1) is 6.04 Å². The predicted molar refractivity (Wildman–Crippen MR) is 119 cm³/mol. The molecule has 1 rings (SSSR count). The van der Waals surface area contributed by atoms with Crippen LogP contribution >= 0.6 is 0 Å². The zero-order chi connectivity index (χ0) is 25.0. The lowest BCUT2D eigenvalue weighted by Crippen LogP contribution is -2.58. The number of nitrogens with two attached hydrogens (primary N) is 1. The van der Waals surface area contributed by atoms with Gasteiger partial charge in [-0.2, -0.15) is 0 Å². The quantitative estimate of drug-likeness (QED) is 0.215. The summed E-state index contributed by atoms with van der Waals surface area (Å²) in [6.07, 6.45) is 0.247. The number of nitrogens with one attached hydrogen (secondary N) is 3. The molecule has 0 bridgehead atoms. The van der Waals surface area contributed by atoms with Gasteiger partial charge >= 0.3 is 11.9 Å². The van der Waals surface area contributed by atoms with Gasteiger partial charge in [0, 0.05) is 12.8 Å². The highest BCUT2D eigenvalue weighted by molar-refractivity contribution is 5.94. The lowest BCUT2D eigenvalue weighted by Gasteiger charge is -2.27. The van der Waals surface area contributed by atoms with Gasteiger partial charge in [0.1, 0.15) is 18.6 Å². The molecule has 7 N–H and O–H groups in total. The minimum Gasteiger partial charge on any atom is -0.481 e. The van der Waals surface area contributed by atoms with Gasteiger partial charge in [0.25, 0.3) is 0 Å². The van der Waals surface area contributed by atoms with Crippen LogP contribution < -0.4 is 21.7 Å². The molecule has 11 heteroatoms. The van der Waals surface area contributed by atoms with Gasteiger partial charge < -0.3 is 31.9 Å². The lowest BCUT2D eigenvalue weighted by atomic mass is 9.96. The molecule has 0 aliphatic carbocycles. The summed E-state index contributed by atoms with van der Waals surface area (Å²) in [4.78, 5) is 59.6. The van der Waals surface area contributed by atoms with Gasteiger partial charge in [-0.05, 0) is 17.9 Å². The summed E-state index contributed by atoms with van der Waals surface area (Å²) in [5, 5.41) is 25.0. The average Bonchev–Trinajstić information content (AvgIpc) is 2.78. The first-order chi connectivity index (χ1) is 15.5. The van der Waals surface area contributed by atoms with E-state index in [0.717, 1.165) is 5.56 Å². The topological polar surface area (TPSA) is 188 Å². The van der Waals surface area contributed by atoms with Crippen LogP contribution in [0.2, 0.25) is 0 Å². The fourth-order valence-electron chi connectivity index (χ4n) is 2.98. The number of rotatable bonds is 14. The molecule has 0 aliphatic rings. The van der Waals surface area contributed by atoms with Crippen molar-refractivity contribution < 1.29 is 34.2 Å². The van der Waals surface area contributed by atoms with E-state index in [-0.39, 0.29) is 25.2 Å². The SMILES string of the molecule is CCC(C)C(NC(=O)C(N)CCC(=O)O)C(=O)NC(Cc1ccccc1)C(=O)NCC(=O)O. The van der Waals surface area contributed by atoms with E-state index in [2.05, 4.69) is 16.0 Å². The first-order valence-corrected chi connectivity index (χ1v) is 10.7. The molecule has 1 aromatic carbocycles. The van der Waals surface area contributed by atoms with E-state index in [9.17, 15) is 24.0 Å². The Morgan fingerprint density at radius 3 is 2.12 bits per heavy atom. The molecular formula is C22H32N4O7. The van der Waals surface area contributed by atoms with Gasteiger partial charge in [-0.1, -0.05) is 50.6 Å². The van der Waals surface area contributed by atoms with Crippen LogP contribution in [0, 0.1) is 5.92 Å². The van der Waals surface area contributed by atoms with Crippen molar-refractivity contribution in [1.29, 1.82) is 0 Å². The Morgan fingerprint density at radius 1 is 0.939 bits per heavy atom. The number of carbonyl (C=O) groups is 5. The first kappa shape index (κ1) is 27.6. The fourth-order valence-corrected chi connectivity index (χ4v) is 2.98. The molecule has 0 aliphatic heterocycles. The number of carboxylic acid groups (broad SMARTS) is 2. The largest absolute Gasteiger partial charge is 0.481 e. The highest BCUT2D eigenvalue weighted by atomic mass is 16.4. The van der Waals surface area contributed by atoms with Crippen LogP contribution in [0.25, 0.3) is 0 Å². The van der Waals surface area contributed by atoms with Crippen LogP contribution in [0.15, 0.2) is 30.3 Å². The Kier molecular flexibility index (Phi) is 11.6. The molecule has 0 aromatic heterocycles. The molecule has 4 atom stereocenters. The zero-order valence-electron chi connectivity index (χ0n) is 18.7. The van der Waals surface area contributed by atoms with Crippen LogP contribution in [-0.2, 0) is 30.4 Å². The maximum absolute atomic E-state index is 13.1. The zero-order valence-corrected chi connectivity index (χ0v) is 18.7. The summed E-state index contributed by atoms with van der Waals surface area (Å²) in [6.45, 7) is 2.95. The van der Waals surface area contributed by atoms with E-state index >= 15 is 0 Å². The van der Waals surface area contributed by atoms with Gasteiger partial charge in [-0.15, -0.1) is 0 Å². The molecule has 0 radical (unpaired) electrons. The molecule has 0 saturated carbocycles. The number of carboxylic acids is 2. The summed E-state index contributed by atoms with van der Waals surface area (Å²) in [5.41, 5.74) is 6.49. The fraction of sp³-hybridized carbons (Fsp3) is 0.500. The summed E-state index contributed by atoms with van der Waals surface area (Å²) in [7, 11) is 0. The van der Waals surface area contributed by atoms with Gasteiger partial charge in [0.15, 0.2) is 0 Å². The highest BCUT2D eigenvalue weighted by Gasteiger charge is 2.31. The monoisotopic (exact) mass is 464 g/mol. The van der Waals surface area contributed by atoms with Crippen LogP contribution in [0.5, 0.6) is 0 Å². The highest BCUT2D eigenvalue weighted by Crippen LogP contribution is 2.11. The molecule has 0 spiro atoms. The molecule has 0 heterocycles. The summed E-state index contributed by atoms with van der Waals surface area (Å²) < 4.78 is 0. The molecule has 0 fully saturated rings. The smallest absolute Gasteiger partial charge is 0.322 e. The third-order valence-corrected chi connectivity index (χ3v) is 5.13. The number of hydrogen-bond acceptors (Lipinski definition) is 6. The summed E-state index contributed by atoms with van der Waals surface area (Å²) in [5.74, 6) is -4.62. The van der Waals surface area contributed by atoms with Crippen LogP contribution in [0.3, 0.4) is 0 Å². The predicted octanol–water partition coefficient (Wildman–Crippen LogP) is -0.362. The van der Waals surface area contributed by atoms with E-state index in [1.165, 1.54) is 0 Å². The van der Waals surface area contributed by atoms with Crippen molar-refractivity contribution in [3.8, 4) is 0 Å². The molecule has 4 unspecified atom stereocenters. The second-order valence-electron chi connectivity index (χ2n) is 7.77. The van der Waals surface area contributed by atoms with E-state index in [0.29, 0.717) is 6.42 Å². The van der Waals surface area contributed by atoms with E-state index < -0.39 is 54.3 Å². The number of carbonyl (C=O) groups excluding carboxylic acids is 3. The normalized spacial score (nSPS) is 14.3. The maximum Gasteiger partial charge on any atom is 0.322 e. The number of aliphatic carboxylic acids is 2. The molecule has 182 valence electrons. The number of benzene rings is 1. The number of amides is 3. The molecule has 33 heavy (non-hydrogen) atoms. The van der Waals surface area contributed by atoms with Crippen LogP contribution in [0.4, 0.5) is 0 Å². The van der Waals surface area contributed by atoms with Crippen molar-refractivity contribution >= 4 is 29.7 Å². The summed E-state index contributed by atoms with van der Waals surface area (Å²) in [6, 6.07) is 5.64. The third kappa shape index (κ3) is 10.1. The van der Waals surface area contributed by atoms with Crippen LogP contribution in [0.1, 0.15) is 38.7 Å². The average molecular weight is 465 g/mol. The van der Waals surface area contributed by atoms with Gasteiger partial charge in [0.2, 0.25) is 17.7 Å². The van der Waals surface area contributed by atoms with Crippen molar-refractivity contribution in [2.45, 2.75) is 57.7 Å². The minimum atomic E-state index is -1.23. The molecule has 3 amide bonds. The second-order valence-corrected chi connectivity index (χ2v) is 7.77. The lowest BCUT2D eigenvalue weighted by molar-refractivity contribution is -0.139. The minimum absolute atomic E-state index is 0.0930. The maximum atomic E-state index is 13.1. The number of hydrogen-bond donors (Lipinski definition) is 6. The Hall–Kier alpha value is -3.47. The van der Waals surface area contributed by atoms with Gasteiger partial charge in [-0.3, -0.25) is 24.0 Å². The Bertz CT molecular complexity index is 831. The van der Waals surface area contributed by atoms with E-state index in [1.54, 1.807) is 37.3 Å². The summed E-state index contributed by atoms with van der Waals surface area (Å²) >= 11 is 0. The molecule has 11 nitrogen and oxygen atoms in total. The first-order valence-electron chi connectivity index (χ1n) is 10.7. The molecule has 1 aromatic rings. The Balaban J connectivity index is 2.98. The third-order valence-electron chi connectivity index (χ3n) is 5.13. The molecular weight excluding hydrogens is 432 g/mol.